The highest BCUT2D eigenvalue weighted by atomic mass is 35.5. The molecule has 5 aromatic rings. The van der Waals surface area contributed by atoms with Crippen LogP contribution in [-0.2, 0) is 25.3 Å². The fourth-order valence-corrected chi connectivity index (χ4v) is 8.85. The van der Waals surface area contributed by atoms with Crippen molar-refractivity contribution in [3.8, 4) is 28.3 Å². The maximum atomic E-state index is 13.2. The number of benzene rings is 2. The number of hydrogen-bond donors (Lipinski definition) is 2. The number of aryl methyl sites for hydroxylation is 2. The molecule has 0 radical (unpaired) electrons. The first-order valence-corrected chi connectivity index (χ1v) is 17.9. The third-order valence-corrected chi connectivity index (χ3v) is 11.6. The Hall–Kier alpha value is -4.71. The number of anilines is 2. The monoisotopic (exact) mass is 725 g/mol. The zero-order chi connectivity index (χ0) is 35.6. The molecule has 8 rings (SSSR count). The minimum atomic E-state index is -0.461. The molecule has 2 aliphatic heterocycles. The number of amides is 1. The van der Waals surface area contributed by atoms with Gasteiger partial charge in [-0.25, -0.2) is 14.8 Å². The minimum Gasteiger partial charge on any atom is -0.481 e. The van der Waals surface area contributed by atoms with Crippen LogP contribution in [0.1, 0.15) is 49.3 Å². The summed E-state index contributed by atoms with van der Waals surface area (Å²) in [6.45, 7) is 1.76. The van der Waals surface area contributed by atoms with Gasteiger partial charge in [-0.05, 0) is 55.9 Å². The molecule has 0 saturated carbocycles. The van der Waals surface area contributed by atoms with Crippen molar-refractivity contribution in [1.29, 1.82) is 0 Å². The van der Waals surface area contributed by atoms with E-state index in [2.05, 4.69) is 26.6 Å². The summed E-state index contributed by atoms with van der Waals surface area (Å²) >= 11 is 14.2. The number of piperidine rings is 1. The van der Waals surface area contributed by atoms with Crippen molar-refractivity contribution in [3.63, 3.8) is 0 Å². The topological polar surface area (TPSA) is 123 Å². The lowest BCUT2D eigenvalue weighted by Crippen LogP contribution is -2.53. The number of aromatic nitrogens is 4. The summed E-state index contributed by atoms with van der Waals surface area (Å²) in [7, 11) is 4.71. The van der Waals surface area contributed by atoms with Crippen molar-refractivity contribution >= 4 is 51.5 Å². The maximum absolute atomic E-state index is 13.2. The number of likely N-dealkylation sites (tertiary alicyclic amines) is 1. The zero-order valence-electron chi connectivity index (χ0n) is 28.6. The third-order valence-electron chi connectivity index (χ3n) is 10.8. The second-order valence-electron chi connectivity index (χ2n) is 13.8. The Morgan fingerprint density at radius 3 is 2.51 bits per heavy atom. The molecule has 0 unspecified atom stereocenters. The number of carbonyl (C=O) groups is 1. The van der Waals surface area contributed by atoms with Gasteiger partial charge in [0.25, 0.3) is 5.56 Å². The van der Waals surface area contributed by atoms with Crippen molar-refractivity contribution < 1.29 is 9.53 Å². The van der Waals surface area contributed by atoms with Crippen LogP contribution < -0.4 is 26.6 Å². The lowest BCUT2D eigenvalue weighted by molar-refractivity contribution is -0.125. The summed E-state index contributed by atoms with van der Waals surface area (Å²) in [5.41, 5.74) is 5.11. The molecule has 262 valence electrons. The summed E-state index contributed by atoms with van der Waals surface area (Å²) in [5.74, 6) is 1.03. The SMILES string of the molecule is COc1nc(-c2cccc(-c3cccc(Nc4nccc5c4c(=O)n(C)c(=O)n5C)c3Cl)c2Cl)cc2c1[C@H](N1CC[C@@]3(CCCC(=O)N3)C1)CC2. The van der Waals surface area contributed by atoms with E-state index in [4.69, 9.17) is 32.9 Å². The molecule has 11 nitrogen and oxygen atoms in total. The largest absolute Gasteiger partial charge is 0.481 e. The molecule has 3 aliphatic rings. The van der Waals surface area contributed by atoms with E-state index in [0.717, 1.165) is 60.9 Å². The van der Waals surface area contributed by atoms with Gasteiger partial charge in [0.2, 0.25) is 11.8 Å². The van der Waals surface area contributed by atoms with E-state index in [9.17, 15) is 14.4 Å². The fourth-order valence-electron chi connectivity index (χ4n) is 8.25. The number of rotatable bonds is 6. The molecule has 2 atom stereocenters. The van der Waals surface area contributed by atoms with Gasteiger partial charge in [0, 0.05) is 68.1 Å². The molecular weight excluding hydrogens is 689 g/mol. The van der Waals surface area contributed by atoms with Gasteiger partial charge in [-0.2, -0.15) is 0 Å². The van der Waals surface area contributed by atoms with E-state index in [1.165, 1.54) is 17.2 Å². The van der Waals surface area contributed by atoms with E-state index >= 15 is 0 Å². The fraction of sp³-hybridized carbons (Fsp3) is 0.342. The van der Waals surface area contributed by atoms with Crippen LogP contribution in [0.15, 0.2) is 64.3 Å². The van der Waals surface area contributed by atoms with Gasteiger partial charge in [0.1, 0.15) is 11.2 Å². The molecule has 51 heavy (non-hydrogen) atoms. The first kappa shape index (κ1) is 33.4. The molecule has 1 amide bonds. The summed E-state index contributed by atoms with van der Waals surface area (Å²) in [5, 5.41) is 7.68. The lowest BCUT2D eigenvalue weighted by Gasteiger charge is -2.35. The smallest absolute Gasteiger partial charge is 0.330 e. The normalized spacial score (nSPS) is 20.2. The van der Waals surface area contributed by atoms with Crippen LogP contribution in [0.2, 0.25) is 10.0 Å². The third kappa shape index (κ3) is 5.58. The Morgan fingerprint density at radius 2 is 1.73 bits per heavy atom. The Kier molecular flexibility index (Phi) is 8.40. The molecule has 5 heterocycles. The van der Waals surface area contributed by atoms with Crippen LogP contribution >= 0.6 is 23.2 Å². The first-order chi connectivity index (χ1) is 24.6. The van der Waals surface area contributed by atoms with Crippen molar-refractivity contribution in [3.05, 3.63) is 96.7 Å². The van der Waals surface area contributed by atoms with E-state index in [0.29, 0.717) is 50.4 Å². The minimum absolute atomic E-state index is 0.136. The number of fused-ring (bicyclic) bond motifs is 2. The van der Waals surface area contributed by atoms with E-state index in [1.54, 1.807) is 32.5 Å². The Bertz CT molecular complexity index is 2370. The number of pyridine rings is 2. The predicted molar refractivity (Wildman–Crippen MR) is 199 cm³/mol. The molecule has 1 spiro atoms. The molecule has 0 bridgehead atoms. The van der Waals surface area contributed by atoms with Crippen LogP contribution in [0.3, 0.4) is 0 Å². The highest BCUT2D eigenvalue weighted by Crippen LogP contribution is 2.47. The Labute approximate surface area is 304 Å². The summed E-state index contributed by atoms with van der Waals surface area (Å²) < 4.78 is 8.41. The Morgan fingerprint density at radius 1 is 0.961 bits per heavy atom. The van der Waals surface area contributed by atoms with Gasteiger partial charge >= 0.3 is 5.69 Å². The number of methoxy groups -OCH3 is 1. The number of carbonyl (C=O) groups excluding carboxylic acids is 1. The van der Waals surface area contributed by atoms with Crippen molar-refractivity contribution in [2.45, 2.75) is 50.1 Å². The Balaban J connectivity index is 1.12. The lowest BCUT2D eigenvalue weighted by atomic mass is 9.88. The average Bonchev–Trinajstić information content (AvgIpc) is 3.74. The van der Waals surface area contributed by atoms with E-state index < -0.39 is 11.2 Å². The highest BCUT2D eigenvalue weighted by molar-refractivity contribution is 6.39. The average molecular weight is 727 g/mol. The summed E-state index contributed by atoms with van der Waals surface area (Å²) in [6, 6.07) is 15.2. The van der Waals surface area contributed by atoms with E-state index in [-0.39, 0.29) is 28.7 Å². The standard InChI is InChI=1S/C38H37Cl2N7O4/c1-45-27-14-17-41-34(31(27)36(49)46(2)37(45)50)42-25-10-5-8-23(33(25)40)22-7-4-9-24(32(22)39)26-19-21-12-13-28(30(21)35(43-26)51-3)47-18-16-38(20-47)15-6-11-29(48)44-38/h4-5,7-10,14,17,19,28H,6,11-13,15-16,18,20H2,1-3H3,(H,41,42)(H,44,48)/t28-,38+/m1/s1. The van der Waals surface area contributed by atoms with Gasteiger partial charge in [-0.15, -0.1) is 0 Å². The second kappa shape index (κ2) is 12.8. The van der Waals surface area contributed by atoms with Gasteiger partial charge in [-0.1, -0.05) is 53.5 Å². The van der Waals surface area contributed by atoms with Crippen molar-refractivity contribution in [1.82, 2.24) is 29.3 Å². The molecule has 2 N–H and O–H groups in total. The van der Waals surface area contributed by atoms with Gasteiger partial charge in [-0.3, -0.25) is 23.6 Å². The van der Waals surface area contributed by atoms with Crippen LogP contribution in [0.4, 0.5) is 11.5 Å². The zero-order valence-corrected chi connectivity index (χ0v) is 30.1. The summed E-state index contributed by atoms with van der Waals surface area (Å²) in [6.07, 6.45) is 6.91. The van der Waals surface area contributed by atoms with Crippen molar-refractivity contribution in [2.24, 2.45) is 14.1 Å². The predicted octanol–water partition coefficient (Wildman–Crippen LogP) is 6.15. The van der Waals surface area contributed by atoms with Crippen LogP contribution in [0.5, 0.6) is 5.88 Å². The van der Waals surface area contributed by atoms with E-state index in [1.807, 2.05) is 30.3 Å². The number of hydrogen-bond acceptors (Lipinski definition) is 8. The number of nitrogens with one attached hydrogen (secondary N) is 2. The maximum Gasteiger partial charge on any atom is 0.330 e. The van der Waals surface area contributed by atoms with Crippen LogP contribution in [0, 0.1) is 0 Å². The molecule has 2 saturated heterocycles. The molecule has 2 aromatic carbocycles. The van der Waals surface area contributed by atoms with Gasteiger partial charge in [0.05, 0.1) is 39.6 Å². The molecule has 13 heteroatoms. The van der Waals surface area contributed by atoms with Gasteiger partial charge < -0.3 is 15.4 Å². The molecule has 2 fully saturated rings. The second-order valence-corrected chi connectivity index (χ2v) is 14.5. The van der Waals surface area contributed by atoms with Crippen LogP contribution in [0.25, 0.3) is 33.3 Å². The molecule has 3 aromatic heterocycles. The quantitative estimate of drug-likeness (QED) is 0.214. The van der Waals surface area contributed by atoms with Gasteiger partial charge in [0.15, 0.2) is 0 Å². The summed E-state index contributed by atoms with van der Waals surface area (Å²) in [4.78, 5) is 49.9. The van der Waals surface area contributed by atoms with Crippen LogP contribution in [-0.4, -0.2) is 55.6 Å². The van der Waals surface area contributed by atoms with Crippen molar-refractivity contribution in [2.75, 3.05) is 25.5 Å². The number of nitrogens with zero attached hydrogens (tertiary/aromatic N) is 5. The number of ether oxygens (including phenoxy) is 1. The molecule has 1 aliphatic carbocycles. The first-order valence-electron chi connectivity index (χ1n) is 17.1. The number of halogens is 2. The molecular formula is C38H37Cl2N7O4. The highest BCUT2D eigenvalue weighted by Gasteiger charge is 2.45.